The summed E-state index contributed by atoms with van der Waals surface area (Å²) in [5.74, 6) is 1.86. The highest BCUT2D eigenvalue weighted by Crippen LogP contribution is 2.56. The zero-order chi connectivity index (χ0) is 18.3. The van der Waals surface area contributed by atoms with Crippen LogP contribution in [0.1, 0.15) is 52.7 Å². The molecule has 2 nitrogen and oxygen atoms in total. The monoisotopic (exact) mass is 352 g/mol. The molecule has 1 aliphatic rings. The van der Waals surface area contributed by atoms with Gasteiger partial charge in [0, 0.05) is 10.1 Å². The van der Waals surface area contributed by atoms with Gasteiger partial charge in [-0.05, 0) is 23.8 Å². The highest BCUT2D eigenvalue weighted by Gasteiger charge is 2.64. The second-order valence-corrected chi connectivity index (χ2v) is 13.4. The van der Waals surface area contributed by atoms with Crippen LogP contribution < -0.4 is 4.43 Å². The van der Waals surface area contributed by atoms with Gasteiger partial charge in [0.2, 0.25) is 0 Å². The van der Waals surface area contributed by atoms with Crippen molar-refractivity contribution >= 4 is 20.4 Å². The summed E-state index contributed by atoms with van der Waals surface area (Å²) in [5.41, 5.74) is 2.17. The maximum Gasteiger partial charge on any atom is 0.471 e. The van der Waals surface area contributed by atoms with Gasteiger partial charge < -0.3 is 8.85 Å². The Labute approximate surface area is 152 Å². The predicted molar refractivity (Wildman–Crippen MR) is 108 cm³/mol. The Morgan fingerprint density at radius 1 is 0.720 bits per heavy atom. The molecule has 3 heteroatoms. The van der Waals surface area contributed by atoms with Gasteiger partial charge in [0.1, 0.15) is 11.5 Å². The van der Waals surface area contributed by atoms with E-state index in [0.717, 1.165) is 22.6 Å². The first-order valence-corrected chi connectivity index (χ1v) is 10.7. The van der Waals surface area contributed by atoms with Crippen LogP contribution in [-0.4, -0.2) is 8.56 Å². The molecule has 1 heterocycles. The first kappa shape index (κ1) is 17.8. The molecular formula is C22H28O2Si. The number of hydrogen-bond acceptors (Lipinski definition) is 2. The standard InChI is InChI=1S/C22H28O2Si/c1-21(2,3)25(22(4,5)6)23-19-15-11-10-14-18(19)20(24-25)16-17-12-8-7-9-13-17/h7-16H,1-6H3/b20-16-. The third-order valence-electron chi connectivity index (χ3n) is 4.73. The summed E-state index contributed by atoms with van der Waals surface area (Å²) in [4.78, 5) is 0. The molecule has 0 saturated heterocycles. The molecule has 0 bridgehead atoms. The van der Waals surface area contributed by atoms with E-state index < -0.39 is 8.56 Å². The quantitative estimate of drug-likeness (QED) is 0.536. The maximum atomic E-state index is 6.81. The average molecular weight is 353 g/mol. The van der Waals surface area contributed by atoms with Crippen molar-refractivity contribution in [3.8, 4) is 5.75 Å². The number of para-hydroxylation sites is 1. The van der Waals surface area contributed by atoms with Crippen LogP contribution in [-0.2, 0) is 4.43 Å². The lowest BCUT2D eigenvalue weighted by molar-refractivity contribution is 0.262. The fourth-order valence-corrected chi connectivity index (χ4v) is 8.17. The molecular weight excluding hydrogens is 324 g/mol. The van der Waals surface area contributed by atoms with Crippen LogP contribution in [0.3, 0.4) is 0 Å². The highest BCUT2D eigenvalue weighted by atomic mass is 28.4. The van der Waals surface area contributed by atoms with Crippen LogP contribution in [0.5, 0.6) is 5.75 Å². The minimum absolute atomic E-state index is 0.0748. The summed E-state index contributed by atoms with van der Waals surface area (Å²) in [6.07, 6.45) is 2.14. The first-order valence-electron chi connectivity index (χ1n) is 8.88. The summed E-state index contributed by atoms with van der Waals surface area (Å²) in [6.45, 7) is 13.4. The van der Waals surface area contributed by atoms with Gasteiger partial charge in [-0.3, -0.25) is 0 Å². The van der Waals surface area contributed by atoms with Crippen LogP contribution in [0.2, 0.25) is 10.1 Å². The Kier molecular flexibility index (Phi) is 4.32. The topological polar surface area (TPSA) is 18.5 Å². The van der Waals surface area contributed by atoms with Crippen molar-refractivity contribution in [3.63, 3.8) is 0 Å². The Morgan fingerprint density at radius 3 is 1.88 bits per heavy atom. The van der Waals surface area contributed by atoms with E-state index in [-0.39, 0.29) is 10.1 Å². The van der Waals surface area contributed by atoms with Crippen LogP contribution in [0.25, 0.3) is 11.8 Å². The average Bonchev–Trinajstić information content (AvgIpc) is 2.53. The first-order chi connectivity index (χ1) is 11.6. The van der Waals surface area contributed by atoms with Crippen LogP contribution >= 0.6 is 0 Å². The molecule has 2 aromatic rings. The summed E-state index contributed by atoms with van der Waals surface area (Å²) in [5, 5.41) is -0.150. The van der Waals surface area contributed by atoms with Crippen molar-refractivity contribution < 1.29 is 8.85 Å². The van der Waals surface area contributed by atoms with Gasteiger partial charge in [-0.25, -0.2) is 0 Å². The van der Waals surface area contributed by atoms with Crippen molar-refractivity contribution in [1.29, 1.82) is 0 Å². The maximum absolute atomic E-state index is 6.81. The fourth-order valence-electron chi connectivity index (χ4n) is 3.69. The SMILES string of the molecule is CC(C)(C)[Si]1(C(C)(C)C)O/C(=C\c2ccccc2)c2ccccc2O1. The van der Waals surface area contributed by atoms with Gasteiger partial charge in [0.25, 0.3) is 0 Å². The van der Waals surface area contributed by atoms with E-state index in [1.165, 1.54) is 0 Å². The molecule has 0 aliphatic carbocycles. The molecule has 0 spiro atoms. The third kappa shape index (κ3) is 3.13. The Balaban J connectivity index is 2.21. The highest BCUT2D eigenvalue weighted by molar-refractivity contribution is 6.75. The third-order valence-corrected chi connectivity index (χ3v) is 9.70. The van der Waals surface area contributed by atoms with E-state index >= 15 is 0 Å². The summed E-state index contributed by atoms with van der Waals surface area (Å²) in [6, 6.07) is 18.6. The Bertz CT molecular complexity index is 766. The van der Waals surface area contributed by atoms with Crippen molar-refractivity contribution in [3.05, 3.63) is 65.7 Å². The fraction of sp³-hybridized carbons (Fsp3) is 0.364. The second kappa shape index (κ2) is 6.06. The molecule has 132 valence electrons. The van der Waals surface area contributed by atoms with Gasteiger partial charge in [-0.15, -0.1) is 0 Å². The molecule has 2 aromatic carbocycles. The van der Waals surface area contributed by atoms with E-state index in [2.05, 4.69) is 84.0 Å². The molecule has 0 aromatic heterocycles. The lowest BCUT2D eigenvalue weighted by Crippen LogP contribution is -2.60. The molecule has 0 atom stereocenters. The molecule has 0 radical (unpaired) electrons. The zero-order valence-corrected chi connectivity index (χ0v) is 17.1. The van der Waals surface area contributed by atoms with Crippen molar-refractivity contribution in [2.24, 2.45) is 0 Å². The second-order valence-electron chi connectivity index (χ2n) is 8.74. The molecule has 0 saturated carbocycles. The van der Waals surface area contributed by atoms with E-state index in [1.54, 1.807) is 0 Å². The largest absolute Gasteiger partial charge is 0.511 e. The predicted octanol–water partition coefficient (Wildman–Crippen LogP) is 6.64. The van der Waals surface area contributed by atoms with E-state index in [9.17, 15) is 0 Å². The normalized spacial score (nSPS) is 18.2. The van der Waals surface area contributed by atoms with Crippen molar-refractivity contribution in [1.82, 2.24) is 0 Å². The number of rotatable bonds is 1. The van der Waals surface area contributed by atoms with Gasteiger partial charge in [-0.1, -0.05) is 84.0 Å². The minimum atomic E-state index is -2.62. The van der Waals surface area contributed by atoms with Gasteiger partial charge in [0.05, 0.1) is 5.56 Å². The lowest BCUT2D eigenvalue weighted by Gasteiger charge is -2.51. The van der Waals surface area contributed by atoms with E-state index in [1.807, 2.05) is 18.2 Å². The molecule has 0 fully saturated rings. The molecule has 0 amide bonds. The minimum Gasteiger partial charge on any atom is -0.511 e. The van der Waals surface area contributed by atoms with E-state index in [4.69, 9.17) is 8.85 Å². The molecule has 25 heavy (non-hydrogen) atoms. The molecule has 3 rings (SSSR count). The van der Waals surface area contributed by atoms with Gasteiger partial charge >= 0.3 is 8.56 Å². The smallest absolute Gasteiger partial charge is 0.471 e. The Hall–Kier alpha value is -2.00. The van der Waals surface area contributed by atoms with E-state index in [0.29, 0.717) is 0 Å². The van der Waals surface area contributed by atoms with Gasteiger partial charge in [-0.2, -0.15) is 0 Å². The summed E-state index contributed by atoms with van der Waals surface area (Å²) in [7, 11) is -2.62. The number of fused-ring (bicyclic) bond motifs is 1. The molecule has 1 aliphatic heterocycles. The molecule has 0 unspecified atom stereocenters. The van der Waals surface area contributed by atoms with Gasteiger partial charge in [0.15, 0.2) is 0 Å². The molecule has 0 N–H and O–H groups in total. The summed E-state index contributed by atoms with van der Waals surface area (Å²) < 4.78 is 13.5. The van der Waals surface area contributed by atoms with Crippen molar-refractivity contribution in [2.45, 2.75) is 51.6 Å². The zero-order valence-electron chi connectivity index (χ0n) is 16.1. The Morgan fingerprint density at radius 2 is 1.28 bits per heavy atom. The van der Waals surface area contributed by atoms with Crippen LogP contribution in [0.4, 0.5) is 0 Å². The number of hydrogen-bond donors (Lipinski definition) is 0. The number of benzene rings is 2. The van der Waals surface area contributed by atoms with Crippen LogP contribution in [0.15, 0.2) is 54.6 Å². The summed E-state index contributed by atoms with van der Waals surface area (Å²) >= 11 is 0. The lowest BCUT2D eigenvalue weighted by atomic mass is 10.1. The van der Waals surface area contributed by atoms with Crippen LogP contribution in [0, 0.1) is 0 Å². The van der Waals surface area contributed by atoms with Crippen molar-refractivity contribution in [2.75, 3.05) is 0 Å².